The zero-order valence-corrected chi connectivity index (χ0v) is 19.8. The highest BCUT2D eigenvalue weighted by atomic mass is 16.5. The highest BCUT2D eigenvalue weighted by Crippen LogP contribution is 2.28. The van der Waals surface area contributed by atoms with Crippen molar-refractivity contribution in [3.05, 3.63) is 88.2 Å². The SMILES string of the molecule is CCCCc1cc(-c2ccc(C)cc2)c(C(=O)OCCc2ccc(C(=O)OC)cc2)c(C)n1. The molecule has 0 saturated carbocycles. The van der Waals surface area contributed by atoms with Crippen LogP contribution >= 0.6 is 0 Å². The van der Waals surface area contributed by atoms with Crippen LogP contribution < -0.4 is 0 Å². The van der Waals surface area contributed by atoms with Crippen molar-refractivity contribution in [1.82, 2.24) is 4.98 Å². The zero-order chi connectivity index (χ0) is 23.8. The number of carbonyl (C=O) groups is 2. The van der Waals surface area contributed by atoms with Gasteiger partial charge in [0.1, 0.15) is 0 Å². The molecule has 0 saturated heterocycles. The van der Waals surface area contributed by atoms with Gasteiger partial charge in [0.15, 0.2) is 0 Å². The van der Waals surface area contributed by atoms with Crippen LogP contribution in [0.1, 0.15) is 63.0 Å². The average Bonchev–Trinajstić information content (AvgIpc) is 2.82. The summed E-state index contributed by atoms with van der Waals surface area (Å²) in [5, 5.41) is 0. The first-order chi connectivity index (χ1) is 15.9. The van der Waals surface area contributed by atoms with Crippen LogP contribution in [0.2, 0.25) is 0 Å². The monoisotopic (exact) mass is 445 g/mol. The Morgan fingerprint density at radius 1 is 0.909 bits per heavy atom. The van der Waals surface area contributed by atoms with E-state index in [-0.39, 0.29) is 18.5 Å². The highest BCUT2D eigenvalue weighted by Gasteiger charge is 2.20. The number of methoxy groups -OCH3 is 1. The molecular weight excluding hydrogens is 414 g/mol. The van der Waals surface area contributed by atoms with Gasteiger partial charge in [-0.3, -0.25) is 4.98 Å². The van der Waals surface area contributed by atoms with Crippen LogP contribution in [0.5, 0.6) is 0 Å². The van der Waals surface area contributed by atoms with Crippen molar-refractivity contribution in [3.8, 4) is 11.1 Å². The molecule has 0 fully saturated rings. The summed E-state index contributed by atoms with van der Waals surface area (Å²) in [5.74, 6) is -0.745. The summed E-state index contributed by atoms with van der Waals surface area (Å²) in [6.07, 6.45) is 3.57. The Morgan fingerprint density at radius 2 is 1.61 bits per heavy atom. The van der Waals surface area contributed by atoms with Crippen molar-refractivity contribution in [3.63, 3.8) is 0 Å². The van der Waals surface area contributed by atoms with Gasteiger partial charge in [0.2, 0.25) is 0 Å². The van der Waals surface area contributed by atoms with Crippen LogP contribution in [0.3, 0.4) is 0 Å². The summed E-state index contributed by atoms with van der Waals surface area (Å²) >= 11 is 0. The molecule has 0 bridgehead atoms. The second kappa shape index (κ2) is 11.4. The molecule has 0 spiro atoms. The van der Waals surface area contributed by atoms with Gasteiger partial charge in [0.25, 0.3) is 0 Å². The maximum atomic E-state index is 13.1. The fourth-order valence-corrected chi connectivity index (χ4v) is 3.70. The van der Waals surface area contributed by atoms with Gasteiger partial charge < -0.3 is 9.47 Å². The van der Waals surface area contributed by atoms with Crippen molar-refractivity contribution < 1.29 is 19.1 Å². The third-order valence-electron chi connectivity index (χ3n) is 5.61. The molecule has 172 valence electrons. The van der Waals surface area contributed by atoms with Crippen molar-refractivity contribution >= 4 is 11.9 Å². The van der Waals surface area contributed by atoms with Crippen LogP contribution in [-0.2, 0) is 22.3 Å². The molecule has 0 unspecified atom stereocenters. The molecule has 5 nitrogen and oxygen atoms in total. The van der Waals surface area contributed by atoms with E-state index < -0.39 is 0 Å². The fourth-order valence-electron chi connectivity index (χ4n) is 3.70. The number of hydrogen-bond donors (Lipinski definition) is 0. The number of aryl methyl sites for hydroxylation is 3. The molecule has 0 N–H and O–H groups in total. The van der Waals surface area contributed by atoms with Crippen LogP contribution in [0.4, 0.5) is 0 Å². The van der Waals surface area contributed by atoms with E-state index in [9.17, 15) is 9.59 Å². The summed E-state index contributed by atoms with van der Waals surface area (Å²) in [7, 11) is 1.35. The molecule has 1 heterocycles. The summed E-state index contributed by atoms with van der Waals surface area (Å²) in [6.45, 7) is 6.31. The van der Waals surface area contributed by atoms with Gasteiger partial charge in [0, 0.05) is 12.1 Å². The van der Waals surface area contributed by atoms with Gasteiger partial charge in [-0.2, -0.15) is 0 Å². The number of aromatic nitrogens is 1. The van der Waals surface area contributed by atoms with Gasteiger partial charge in [0.05, 0.1) is 30.5 Å². The lowest BCUT2D eigenvalue weighted by Crippen LogP contribution is -2.13. The molecule has 0 aliphatic heterocycles. The number of rotatable bonds is 9. The number of esters is 2. The van der Waals surface area contributed by atoms with E-state index >= 15 is 0 Å². The molecule has 0 aliphatic carbocycles. The zero-order valence-electron chi connectivity index (χ0n) is 19.8. The van der Waals surface area contributed by atoms with E-state index in [0.29, 0.717) is 23.2 Å². The number of hydrogen-bond acceptors (Lipinski definition) is 5. The van der Waals surface area contributed by atoms with Crippen molar-refractivity contribution in [2.45, 2.75) is 46.5 Å². The highest BCUT2D eigenvalue weighted by molar-refractivity contribution is 5.98. The Balaban J connectivity index is 1.78. The van der Waals surface area contributed by atoms with Crippen LogP contribution in [0, 0.1) is 13.8 Å². The predicted octanol–water partition coefficient (Wildman–Crippen LogP) is 5.89. The van der Waals surface area contributed by atoms with Crippen molar-refractivity contribution in [1.29, 1.82) is 0 Å². The average molecular weight is 446 g/mol. The van der Waals surface area contributed by atoms with E-state index in [4.69, 9.17) is 14.5 Å². The van der Waals surface area contributed by atoms with E-state index in [1.165, 1.54) is 7.11 Å². The lowest BCUT2D eigenvalue weighted by Gasteiger charge is -2.15. The van der Waals surface area contributed by atoms with Gasteiger partial charge in [-0.1, -0.05) is 55.3 Å². The Bertz CT molecular complexity index is 1100. The van der Waals surface area contributed by atoms with Crippen LogP contribution in [0.15, 0.2) is 54.6 Å². The largest absolute Gasteiger partial charge is 0.465 e. The molecule has 33 heavy (non-hydrogen) atoms. The normalized spacial score (nSPS) is 10.7. The second-order valence-electron chi connectivity index (χ2n) is 8.17. The minimum Gasteiger partial charge on any atom is -0.465 e. The molecule has 0 atom stereocenters. The first-order valence-corrected chi connectivity index (χ1v) is 11.3. The summed E-state index contributed by atoms with van der Waals surface area (Å²) in [5.41, 5.74) is 6.66. The first kappa shape index (κ1) is 24.2. The Hall–Kier alpha value is -3.47. The molecular formula is C28H31NO4. The predicted molar refractivity (Wildman–Crippen MR) is 130 cm³/mol. The quantitative estimate of drug-likeness (QED) is 0.384. The van der Waals surface area contributed by atoms with Crippen LogP contribution in [-0.4, -0.2) is 30.6 Å². The molecule has 3 aromatic rings. The Kier molecular flexibility index (Phi) is 8.36. The molecule has 0 radical (unpaired) electrons. The minimum absolute atomic E-state index is 0.237. The number of carbonyl (C=O) groups excluding carboxylic acids is 2. The number of benzene rings is 2. The molecule has 0 aliphatic rings. The standard InChI is InChI=1S/C28H31NO4/c1-5-6-7-24-18-25(22-12-8-19(2)9-13-22)26(20(3)29-24)28(31)33-17-16-21-10-14-23(15-11-21)27(30)32-4/h8-15,18H,5-7,16-17H2,1-4H3. The van der Waals surface area contributed by atoms with Crippen molar-refractivity contribution in [2.75, 3.05) is 13.7 Å². The Labute approximate surface area is 195 Å². The third-order valence-corrected chi connectivity index (χ3v) is 5.61. The number of nitrogens with zero attached hydrogens (tertiary/aromatic N) is 1. The molecule has 2 aromatic carbocycles. The van der Waals surface area contributed by atoms with Gasteiger partial charge in [-0.05, 0) is 61.6 Å². The van der Waals surface area contributed by atoms with Gasteiger partial charge >= 0.3 is 11.9 Å². The molecule has 1 aromatic heterocycles. The fraction of sp³-hybridized carbons (Fsp3) is 0.321. The number of pyridine rings is 1. The lowest BCUT2D eigenvalue weighted by molar-refractivity contribution is 0.0508. The Morgan fingerprint density at radius 3 is 2.24 bits per heavy atom. The van der Waals surface area contributed by atoms with E-state index in [0.717, 1.165) is 47.2 Å². The summed E-state index contributed by atoms with van der Waals surface area (Å²) < 4.78 is 10.4. The number of ether oxygens (including phenoxy) is 2. The maximum Gasteiger partial charge on any atom is 0.340 e. The van der Waals surface area contributed by atoms with Gasteiger partial charge in [-0.15, -0.1) is 0 Å². The summed E-state index contributed by atoms with van der Waals surface area (Å²) in [4.78, 5) is 29.4. The summed E-state index contributed by atoms with van der Waals surface area (Å²) in [6, 6.07) is 17.3. The third kappa shape index (κ3) is 6.28. The van der Waals surface area contributed by atoms with Gasteiger partial charge in [-0.25, -0.2) is 9.59 Å². The lowest BCUT2D eigenvalue weighted by atomic mass is 9.96. The molecule has 3 rings (SSSR count). The molecule has 5 heteroatoms. The smallest absolute Gasteiger partial charge is 0.340 e. The van der Waals surface area contributed by atoms with E-state index in [1.54, 1.807) is 12.1 Å². The minimum atomic E-state index is -0.373. The molecule has 0 amide bonds. The van der Waals surface area contributed by atoms with Crippen LogP contribution in [0.25, 0.3) is 11.1 Å². The topological polar surface area (TPSA) is 65.5 Å². The van der Waals surface area contributed by atoms with E-state index in [2.05, 4.69) is 6.92 Å². The maximum absolute atomic E-state index is 13.1. The number of unbranched alkanes of at least 4 members (excludes halogenated alkanes) is 1. The first-order valence-electron chi connectivity index (χ1n) is 11.3. The van der Waals surface area contributed by atoms with Crippen molar-refractivity contribution in [2.24, 2.45) is 0 Å². The second-order valence-corrected chi connectivity index (χ2v) is 8.17. The van der Waals surface area contributed by atoms with E-state index in [1.807, 2.05) is 56.3 Å².